The summed E-state index contributed by atoms with van der Waals surface area (Å²) in [4.78, 5) is 5.04. The molecular formula is C37H28N2. The number of benzene rings is 6. The summed E-state index contributed by atoms with van der Waals surface area (Å²) in [5.74, 6) is 0.949. The minimum absolute atomic E-state index is 0.949. The molecule has 2 heteroatoms. The molecule has 0 bridgehead atoms. The Bertz CT molecular complexity index is 2010. The van der Waals surface area contributed by atoms with Gasteiger partial charge in [-0.1, -0.05) is 103 Å². The topological polar surface area (TPSA) is 17.8 Å². The molecule has 186 valence electrons. The second-order valence-electron chi connectivity index (χ2n) is 10.0. The van der Waals surface area contributed by atoms with Crippen molar-refractivity contribution < 1.29 is 0 Å². The molecule has 0 amide bonds. The Morgan fingerprint density at radius 2 is 1.36 bits per heavy atom. The third kappa shape index (κ3) is 3.84. The molecular weight excluding hydrogens is 472 g/mol. The number of fused-ring (bicyclic) bond motifs is 4. The maximum absolute atomic E-state index is 5.04. The molecule has 7 aromatic rings. The molecule has 0 aliphatic heterocycles. The molecule has 0 atom stereocenters. The van der Waals surface area contributed by atoms with E-state index in [9.17, 15) is 0 Å². The Morgan fingerprint density at radius 3 is 2.15 bits per heavy atom. The summed E-state index contributed by atoms with van der Waals surface area (Å²) in [5.41, 5.74) is 9.35. The van der Waals surface area contributed by atoms with Crippen molar-refractivity contribution in [3.63, 3.8) is 0 Å². The number of para-hydroxylation sites is 3. The highest BCUT2D eigenvalue weighted by molar-refractivity contribution is 6.15. The van der Waals surface area contributed by atoms with Crippen molar-refractivity contribution in [1.29, 1.82) is 0 Å². The zero-order valence-corrected chi connectivity index (χ0v) is 22.1. The van der Waals surface area contributed by atoms with Gasteiger partial charge in [0.1, 0.15) is 5.82 Å². The molecule has 0 spiro atoms. The number of hydrogen-bond donors (Lipinski definition) is 0. The highest BCUT2D eigenvalue weighted by atomic mass is 15.1. The lowest BCUT2D eigenvalue weighted by Crippen LogP contribution is -1.97. The van der Waals surface area contributed by atoms with Gasteiger partial charge < -0.3 is 0 Å². The van der Waals surface area contributed by atoms with Crippen LogP contribution in [-0.4, -0.2) is 9.55 Å². The van der Waals surface area contributed by atoms with E-state index < -0.39 is 0 Å². The van der Waals surface area contributed by atoms with Crippen LogP contribution in [0.4, 0.5) is 0 Å². The van der Waals surface area contributed by atoms with Gasteiger partial charge in [-0.15, -0.1) is 0 Å². The first-order valence-electron chi connectivity index (χ1n) is 13.4. The zero-order chi connectivity index (χ0) is 26.3. The van der Waals surface area contributed by atoms with Crippen molar-refractivity contribution >= 4 is 38.7 Å². The first-order chi connectivity index (χ1) is 19.2. The summed E-state index contributed by atoms with van der Waals surface area (Å²) in [6, 6.07) is 43.3. The van der Waals surface area contributed by atoms with Gasteiger partial charge in [0.25, 0.3) is 0 Å². The number of allylic oxidation sites excluding steroid dienone is 1. The molecule has 1 heterocycles. The Balaban J connectivity index is 1.40. The van der Waals surface area contributed by atoms with Gasteiger partial charge in [-0.2, -0.15) is 0 Å². The minimum Gasteiger partial charge on any atom is -0.292 e. The fourth-order valence-electron chi connectivity index (χ4n) is 5.85. The van der Waals surface area contributed by atoms with E-state index in [1.165, 1.54) is 43.8 Å². The lowest BCUT2D eigenvalue weighted by molar-refractivity contribution is 1.10. The highest BCUT2D eigenvalue weighted by Gasteiger charge is 2.15. The number of hydrogen-bond acceptors (Lipinski definition) is 1. The third-order valence-electron chi connectivity index (χ3n) is 7.70. The van der Waals surface area contributed by atoms with Crippen LogP contribution in [0.15, 0.2) is 127 Å². The summed E-state index contributed by atoms with van der Waals surface area (Å²) < 4.78 is 2.25. The average molecular weight is 501 g/mol. The lowest BCUT2D eigenvalue weighted by atomic mass is 9.89. The first-order valence-corrected chi connectivity index (χ1v) is 13.4. The number of aromatic nitrogens is 2. The van der Waals surface area contributed by atoms with Crippen LogP contribution in [0, 0.1) is 6.92 Å². The highest BCUT2D eigenvalue weighted by Crippen LogP contribution is 2.38. The van der Waals surface area contributed by atoms with Gasteiger partial charge in [0.15, 0.2) is 0 Å². The predicted molar refractivity (Wildman–Crippen MR) is 166 cm³/mol. The molecule has 6 aromatic carbocycles. The predicted octanol–water partition coefficient (Wildman–Crippen LogP) is 10.0. The van der Waals surface area contributed by atoms with Gasteiger partial charge in [-0.05, 0) is 88.0 Å². The molecule has 0 saturated heterocycles. The number of imidazole rings is 1. The van der Waals surface area contributed by atoms with Gasteiger partial charge in [0, 0.05) is 11.3 Å². The van der Waals surface area contributed by atoms with Crippen LogP contribution in [0.3, 0.4) is 0 Å². The molecule has 0 aliphatic carbocycles. The number of nitrogens with zero attached hydrogens (tertiary/aromatic N) is 2. The van der Waals surface area contributed by atoms with E-state index in [4.69, 9.17) is 4.98 Å². The van der Waals surface area contributed by atoms with Crippen molar-refractivity contribution in [3.8, 4) is 28.2 Å². The van der Waals surface area contributed by atoms with Crippen LogP contribution in [0.5, 0.6) is 0 Å². The summed E-state index contributed by atoms with van der Waals surface area (Å²) in [5, 5.41) is 5.17. The second kappa shape index (κ2) is 9.41. The van der Waals surface area contributed by atoms with Crippen LogP contribution in [-0.2, 0) is 0 Å². The van der Waals surface area contributed by atoms with Gasteiger partial charge in [0.2, 0.25) is 0 Å². The molecule has 2 nitrogen and oxygen atoms in total. The lowest BCUT2D eigenvalue weighted by Gasteiger charge is -2.15. The van der Waals surface area contributed by atoms with Crippen LogP contribution in [0.25, 0.3) is 66.9 Å². The van der Waals surface area contributed by atoms with Gasteiger partial charge in [0.05, 0.1) is 11.0 Å². The van der Waals surface area contributed by atoms with Gasteiger partial charge in [-0.3, -0.25) is 4.57 Å². The van der Waals surface area contributed by atoms with E-state index in [1.54, 1.807) is 0 Å². The van der Waals surface area contributed by atoms with Crippen molar-refractivity contribution in [1.82, 2.24) is 9.55 Å². The van der Waals surface area contributed by atoms with Crippen LogP contribution < -0.4 is 0 Å². The minimum atomic E-state index is 0.949. The molecule has 1 aromatic heterocycles. The summed E-state index contributed by atoms with van der Waals surface area (Å²) in [6.45, 7) is 4.31. The third-order valence-corrected chi connectivity index (χ3v) is 7.70. The van der Waals surface area contributed by atoms with E-state index in [-0.39, 0.29) is 0 Å². The van der Waals surface area contributed by atoms with E-state index in [0.717, 1.165) is 28.1 Å². The smallest absolute Gasteiger partial charge is 0.145 e. The fourth-order valence-corrected chi connectivity index (χ4v) is 5.85. The summed E-state index contributed by atoms with van der Waals surface area (Å²) in [7, 11) is 0. The number of aryl methyl sites for hydroxylation is 1. The van der Waals surface area contributed by atoms with Crippen molar-refractivity contribution in [2.24, 2.45) is 0 Å². The van der Waals surface area contributed by atoms with Crippen molar-refractivity contribution in [2.75, 3.05) is 0 Å². The molecule has 0 fully saturated rings. The zero-order valence-electron chi connectivity index (χ0n) is 22.1. The normalized spacial score (nSPS) is 11.7. The standard InChI is InChI=1S/C37H28N2/c1-3-11-26-18-23-29-24-33(31-14-7-8-15-32(31)36(29)25(26)2)27-19-21-28(22-20-27)37-38-34-16-9-10-17-35(34)39(37)30-12-5-4-6-13-30/h3-24H,1-2H3/b11-3-. The van der Waals surface area contributed by atoms with Crippen LogP contribution in [0.1, 0.15) is 18.1 Å². The van der Waals surface area contributed by atoms with E-state index in [2.05, 4.69) is 140 Å². The van der Waals surface area contributed by atoms with Crippen LogP contribution >= 0.6 is 0 Å². The molecule has 0 unspecified atom stereocenters. The van der Waals surface area contributed by atoms with Gasteiger partial charge in [-0.25, -0.2) is 4.98 Å². The molecule has 39 heavy (non-hydrogen) atoms. The molecule has 0 aliphatic rings. The number of rotatable bonds is 4. The maximum Gasteiger partial charge on any atom is 0.145 e. The molecule has 0 saturated carbocycles. The molecule has 0 N–H and O–H groups in total. The van der Waals surface area contributed by atoms with Crippen molar-refractivity contribution in [2.45, 2.75) is 13.8 Å². The first kappa shape index (κ1) is 23.2. The largest absolute Gasteiger partial charge is 0.292 e. The van der Waals surface area contributed by atoms with E-state index in [1.807, 2.05) is 12.1 Å². The Morgan fingerprint density at radius 1 is 0.667 bits per heavy atom. The average Bonchev–Trinajstić information content (AvgIpc) is 3.38. The Kier molecular flexibility index (Phi) is 5.60. The quantitative estimate of drug-likeness (QED) is 0.220. The van der Waals surface area contributed by atoms with Gasteiger partial charge >= 0.3 is 0 Å². The van der Waals surface area contributed by atoms with Crippen molar-refractivity contribution in [3.05, 3.63) is 139 Å². The SMILES string of the molecule is C/C=C\c1ccc2cc(-c3ccc(-c4nc5ccccc5n4-c4ccccc4)cc3)c3ccccc3c2c1C. The van der Waals surface area contributed by atoms with E-state index in [0.29, 0.717) is 0 Å². The van der Waals surface area contributed by atoms with Crippen LogP contribution in [0.2, 0.25) is 0 Å². The molecule has 7 rings (SSSR count). The maximum atomic E-state index is 5.04. The Labute approximate surface area is 228 Å². The fraction of sp³-hybridized carbons (Fsp3) is 0.0541. The molecule has 0 radical (unpaired) electrons. The summed E-state index contributed by atoms with van der Waals surface area (Å²) >= 11 is 0. The monoisotopic (exact) mass is 500 g/mol. The summed E-state index contributed by atoms with van der Waals surface area (Å²) in [6.07, 6.45) is 4.30. The second-order valence-corrected chi connectivity index (χ2v) is 10.0. The Hall–Kier alpha value is -4.95. The van der Waals surface area contributed by atoms with E-state index >= 15 is 0 Å².